The van der Waals surface area contributed by atoms with Crippen molar-refractivity contribution >= 4 is 111 Å². The highest BCUT2D eigenvalue weighted by atomic mass is 32.1. The number of rotatable bonds is 30. The minimum Gasteiger partial charge on any atom is -0.481 e. The van der Waals surface area contributed by atoms with Crippen molar-refractivity contribution < 1.29 is 65.1 Å². The number of pyridine rings is 2. The standard InChI is InChI=1S/2C23H32O5S.2C17H15NO2S.CH4O/c2*24-18(22-13-15-7-5-6-9-21(15)29-22)12-11-17-16(19(25)14-20(17)26)8-3-1-2-4-10-23(27)28;2*1-11(14-5-7-21-10-14)16(19)9-12-2-3-15-13(8-12)4-6-18-17(15)20;1-2/h2*5-7,9,13,16-20,24-26H,1-4,8,10-12,14H2,(H,27,28);2*2-8,10-11H,9H2,1H3,(H,18,20);2H,1H3/t2*16-,17-,18-,19+,20-;;;/m11.../s1. The number of aliphatic hydroxyl groups excluding tert-OH is 7. The van der Waals surface area contributed by atoms with Gasteiger partial charge >= 0.3 is 11.9 Å². The van der Waals surface area contributed by atoms with E-state index >= 15 is 0 Å². The fourth-order valence-electron chi connectivity index (χ4n) is 14.1. The number of carboxylic acid groups (broad SMARTS) is 2. The number of ketones is 2. The van der Waals surface area contributed by atoms with Crippen molar-refractivity contribution in [1.82, 2.24) is 9.97 Å². The van der Waals surface area contributed by atoms with Gasteiger partial charge in [0.05, 0.1) is 36.6 Å². The van der Waals surface area contributed by atoms with Crippen LogP contribution in [0.5, 0.6) is 0 Å². The lowest BCUT2D eigenvalue weighted by atomic mass is 9.84. The molecule has 12 atom stereocenters. The number of unbranched alkanes of at least 4 members (excludes halogenated alkanes) is 6. The zero-order chi connectivity index (χ0) is 73.2. The maximum atomic E-state index is 12.4. The average Bonchev–Trinajstić information content (AvgIpc) is 1.43. The van der Waals surface area contributed by atoms with Crippen LogP contribution in [-0.2, 0) is 32.0 Å². The first-order valence-corrected chi connectivity index (χ1v) is 39.0. The first-order valence-electron chi connectivity index (χ1n) is 35.4. The fourth-order valence-corrected chi connectivity index (χ4v) is 17.8. The monoisotopic (exact) mass is 1470 g/mol. The molecule has 0 bridgehead atoms. The van der Waals surface area contributed by atoms with Gasteiger partial charge in [0.15, 0.2) is 0 Å². The highest BCUT2D eigenvalue weighted by molar-refractivity contribution is 7.19. The number of aromatic amines is 2. The quantitative estimate of drug-likeness (QED) is 0.0186. The van der Waals surface area contributed by atoms with Gasteiger partial charge in [0.1, 0.15) is 11.6 Å². The van der Waals surface area contributed by atoms with E-state index < -0.39 is 48.6 Å². The molecule has 546 valence electrons. The minimum atomic E-state index is -0.753. The second-order valence-electron chi connectivity index (χ2n) is 26.9. The van der Waals surface area contributed by atoms with Gasteiger partial charge in [-0.05, 0) is 214 Å². The van der Waals surface area contributed by atoms with Crippen LogP contribution in [0.2, 0.25) is 0 Å². The van der Waals surface area contributed by atoms with Gasteiger partial charge in [0.2, 0.25) is 0 Å². The van der Waals surface area contributed by atoms with Crippen molar-refractivity contribution in [2.24, 2.45) is 23.7 Å². The van der Waals surface area contributed by atoms with Crippen LogP contribution in [0, 0.1) is 23.7 Å². The first kappa shape index (κ1) is 80.3. The number of carboxylic acids is 2. The van der Waals surface area contributed by atoms with Crippen molar-refractivity contribution in [3.63, 3.8) is 0 Å². The van der Waals surface area contributed by atoms with Crippen LogP contribution in [0.25, 0.3) is 41.7 Å². The summed E-state index contributed by atoms with van der Waals surface area (Å²) in [5.74, 6) is -1.18. The molecule has 2 unspecified atom stereocenters. The number of fused-ring (bicyclic) bond motifs is 4. The van der Waals surface area contributed by atoms with Gasteiger partial charge in [-0.25, -0.2) is 0 Å². The van der Waals surface area contributed by atoms with Gasteiger partial charge in [-0.3, -0.25) is 28.8 Å². The summed E-state index contributed by atoms with van der Waals surface area (Å²) < 4.78 is 2.33. The molecule has 0 aliphatic heterocycles. The molecule has 11 N–H and O–H groups in total. The van der Waals surface area contributed by atoms with E-state index in [-0.39, 0.29) is 71.0 Å². The number of carbonyl (C=O) groups excluding carboxylic acids is 2. The van der Waals surface area contributed by atoms with Crippen molar-refractivity contribution in [1.29, 1.82) is 0 Å². The van der Waals surface area contributed by atoms with Gasteiger partial charge in [-0.1, -0.05) is 113 Å². The molecule has 102 heavy (non-hydrogen) atoms. The molecule has 6 aromatic heterocycles. The molecule has 12 rings (SSSR count). The predicted molar refractivity (Wildman–Crippen MR) is 410 cm³/mol. The first-order chi connectivity index (χ1) is 49.2. The predicted octanol–water partition coefficient (Wildman–Crippen LogP) is 15.6. The van der Waals surface area contributed by atoms with Crippen molar-refractivity contribution in [3.8, 4) is 0 Å². The third-order valence-electron chi connectivity index (χ3n) is 20.0. The van der Waals surface area contributed by atoms with E-state index in [4.69, 9.17) is 15.3 Å². The van der Waals surface area contributed by atoms with Gasteiger partial charge in [-0.2, -0.15) is 22.7 Å². The van der Waals surface area contributed by atoms with E-state index in [9.17, 15) is 59.4 Å². The van der Waals surface area contributed by atoms with E-state index in [0.29, 0.717) is 75.0 Å². The number of benzene rings is 4. The molecule has 10 aromatic rings. The molecule has 2 aliphatic carbocycles. The molecule has 0 saturated heterocycles. The Morgan fingerprint density at radius 1 is 0.461 bits per heavy atom. The van der Waals surface area contributed by atoms with Crippen LogP contribution in [0.3, 0.4) is 0 Å². The number of aliphatic hydroxyl groups is 7. The number of aliphatic carboxylic acids is 2. The number of hydrogen-bond donors (Lipinski definition) is 11. The number of thiophene rings is 4. The Morgan fingerprint density at radius 2 is 0.833 bits per heavy atom. The summed E-state index contributed by atoms with van der Waals surface area (Å²) in [6.45, 7) is 3.88. The Bertz CT molecular complexity index is 4010. The molecule has 0 spiro atoms. The summed E-state index contributed by atoms with van der Waals surface area (Å²) >= 11 is 6.43. The van der Waals surface area contributed by atoms with Crippen molar-refractivity contribution in [2.45, 2.75) is 191 Å². The Hall–Kier alpha value is -7.38. The SMILES string of the molecule is CC(C(=O)Cc1ccc2c(=O)[nH]ccc2c1)c1ccsc1.CC(C(=O)Cc1ccc2c(=O)[nH]ccc2c1)c1ccsc1.CO.O=C(O)CCCCCC[C@@H]1[C@@H](CC[C@@H](O)c2cc3ccccc3s2)[C@H](O)C[C@@H]1O.O=C(O)CCCCCC[C@@H]1[C@@H](CC[C@@H](O)c2cc3ccccc3s2)[C@H](O)C[C@@H]1O. The Morgan fingerprint density at radius 3 is 1.20 bits per heavy atom. The van der Waals surface area contributed by atoms with Crippen LogP contribution in [0.4, 0.5) is 0 Å². The molecule has 17 nitrogen and oxygen atoms in total. The van der Waals surface area contributed by atoms with Crippen LogP contribution in [-0.4, -0.2) is 111 Å². The summed E-state index contributed by atoms with van der Waals surface area (Å²) in [6, 6.07) is 39.1. The third-order valence-corrected chi connectivity index (χ3v) is 23.8. The summed E-state index contributed by atoms with van der Waals surface area (Å²) in [5.41, 5.74) is 3.83. The second kappa shape index (κ2) is 40.6. The van der Waals surface area contributed by atoms with Gasteiger partial charge in [0.25, 0.3) is 11.1 Å². The lowest BCUT2D eigenvalue weighted by Gasteiger charge is -2.24. The van der Waals surface area contributed by atoms with E-state index in [1.54, 1.807) is 69.9 Å². The second-order valence-corrected chi connectivity index (χ2v) is 30.7. The maximum absolute atomic E-state index is 12.4. The Labute approximate surface area is 611 Å². The van der Waals surface area contributed by atoms with Gasteiger partial charge in [-0.15, -0.1) is 22.7 Å². The summed E-state index contributed by atoms with van der Waals surface area (Å²) in [5, 5.41) is 101. The molecule has 2 saturated carbocycles. The molecule has 0 radical (unpaired) electrons. The fraction of sp³-hybridized carbons (Fsp3) is 0.432. The number of H-pyrrole nitrogens is 2. The molecule has 4 aromatic carbocycles. The van der Waals surface area contributed by atoms with Gasteiger partial charge < -0.3 is 55.9 Å². The number of carbonyl (C=O) groups is 4. The summed E-state index contributed by atoms with van der Waals surface area (Å²) in [7, 11) is 1.00. The lowest BCUT2D eigenvalue weighted by molar-refractivity contribution is -0.138. The van der Waals surface area contributed by atoms with E-state index in [2.05, 4.69) is 22.1 Å². The largest absolute Gasteiger partial charge is 0.481 e. The summed E-state index contributed by atoms with van der Waals surface area (Å²) in [6.07, 6.45) is 13.3. The lowest BCUT2D eigenvalue weighted by Crippen LogP contribution is -2.23. The highest BCUT2D eigenvalue weighted by Gasteiger charge is 2.42. The molecule has 2 fully saturated rings. The number of nitrogens with one attached hydrogen (secondary N) is 2. The molecule has 21 heteroatoms. The van der Waals surface area contributed by atoms with E-state index in [1.165, 1.54) is 9.40 Å². The van der Waals surface area contributed by atoms with E-state index in [1.807, 2.05) is 132 Å². The normalized spacial score (nSPS) is 19.7. The Balaban J connectivity index is 0.000000173. The van der Waals surface area contributed by atoms with Crippen molar-refractivity contribution in [3.05, 3.63) is 208 Å². The average molecular weight is 1470 g/mol. The van der Waals surface area contributed by atoms with E-state index in [0.717, 1.165) is 112 Å². The van der Waals surface area contributed by atoms with Crippen LogP contribution in [0.15, 0.2) is 165 Å². The smallest absolute Gasteiger partial charge is 0.303 e. The number of Topliss-reactive ketones (excluding diaryl/α,β-unsaturated/α-hetero) is 2. The van der Waals surface area contributed by atoms with Crippen LogP contribution >= 0.6 is 45.3 Å². The molecule has 2 aliphatic rings. The third kappa shape index (κ3) is 23.3. The number of aromatic nitrogens is 2. The topological polar surface area (TPSA) is 316 Å². The zero-order valence-electron chi connectivity index (χ0n) is 58.2. The molecule has 6 heterocycles. The number of hydrogen-bond acceptors (Lipinski definition) is 17. The summed E-state index contributed by atoms with van der Waals surface area (Å²) in [4.78, 5) is 76.3. The molecular weight excluding hydrogens is 1370 g/mol. The maximum Gasteiger partial charge on any atom is 0.303 e. The zero-order valence-corrected chi connectivity index (χ0v) is 61.5. The van der Waals surface area contributed by atoms with Crippen molar-refractivity contribution in [2.75, 3.05) is 7.11 Å². The van der Waals surface area contributed by atoms with Gasteiger partial charge in [0, 0.05) is 86.9 Å². The molecule has 0 amide bonds. The highest BCUT2D eigenvalue weighted by Crippen LogP contribution is 2.43. The Kier molecular flexibility index (Phi) is 32.0. The van der Waals surface area contributed by atoms with Crippen LogP contribution < -0.4 is 11.1 Å². The van der Waals surface area contributed by atoms with Crippen LogP contribution in [0.1, 0.15) is 185 Å². The minimum absolute atomic E-state index is 0.00745. The molecular formula is C81H98N2O15S4.